The predicted molar refractivity (Wildman–Crippen MR) is 81.3 cm³/mol. The Morgan fingerprint density at radius 2 is 1.65 bits per heavy atom. The largest absolute Gasteiger partial charge is 0.493 e. The van der Waals surface area contributed by atoms with E-state index in [1.807, 2.05) is 48.5 Å². The average molecular weight is 271 g/mol. The van der Waals surface area contributed by atoms with Gasteiger partial charge in [-0.05, 0) is 36.2 Å². The topological polar surface area (TPSA) is 44.5 Å². The van der Waals surface area contributed by atoms with E-state index < -0.39 is 0 Å². The van der Waals surface area contributed by atoms with Crippen LogP contribution in [0.2, 0.25) is 0 Å². The molecule has 2 aromatic rings. The molecule has 2 aromatic carbocycles. The summed E-state index contributed by atoms with van der Waals surface area (Å²) in [6.45, 7) is 3.40. The van der Waals surface area contributed by atoms with Gasteiger partial charge in [0.2, 0.25) is 0 Å². The lowest BCUT2D eigenvalue weighted by Gasteiger charge is -2.09. The molecule has 0 saturated carbocycles. The minimum absolute atomic E-state index is 0.511. The Balaban J connectivity index is 2.03. The smallest absolute Gasteiger partial charge is 0.131 e. The summed E-state index contributed by atoms with van der Waals surface area (Å²) in [6, 6.07) is 15.5. The van der Waals surface area contributed by atoms with Crippen LogP contribution in [0.3, 0.4) is 0 Å². The molecule has 0 unspecified atom stereocenters. The maximum Gasteiger partial charge on any atom is 0.131 e. The van der Waals surface area contributed by atoms with E-state index >= 15 is 0 Å². The number of ether oxygens (including phenoxy) is 2. The first-order chi connectivity index (χ1) is 9.81. The molecule has 0 aliphatic carbocycles. The van der Waals surface area contributed by atoms with Crippen molar-refractivity contribution in [2.45, 2.75) is 26.3 Å². The van der Waals surface area contributed by atoms with E-state index in [1.54, 1.807) is 0 Å². The summed E-state index contributed by atoms with van der Waals surface area (Å²) in [5.41, 5.74) is 6.68. The van der Waals surface area contributed by atoms with Crippen LogP contribution >= 0.6 is 0 Å². The first-order valence-corrected chi connectivity index (χ1v) is 7.01. The molecule has 0 atom stereocenters. The van der Waals surface area contributed by atoms with Gasteiger partial charge in [0.25, 0.3) is 0 Å². The first kappa shape index (κ1) is 14.4. The minimum Gasteiger partial charge on any atom is -0.493 e. The third kappa shape index (κ3) is 4.28. The van der Waals surface area contributed by atoms with Gasteiger partial charge in [0.05, 0.1) is 6.61 Å². The second-order valence-corrected chi connectivity index (χ2v) is 4.63. The van der Waals surface area contributed by atoms with E-state index in [-0.39, 0.29) is 0 Å². The van der Waals surface area contributed by atoms with E-state index in [2.05, 4.69) is 6.92 Å². The van der Waals surface area contributed by atoms with Crippen LogP contribution < -0.4 is 15.2 Å². The zero-order chi connectivity index (χ0) is 14.2. The third-order valence-corrected chi connectivity index (χ3v) is 2.94. The molecule has 20 heavy (non-hydrogen) atoms. The maximum atomic E-state index is 5.83. The van der Waals surface area contributed by atoms with Crippen LogP contribution in [0.25, 0.3) is 0 Å². The SMILES string of the molecule is CCCCOc1cccc(Oc2cccc(CN)c2)c1. The molecule has 0 bridgehead atoms. The maximum absolute atomic E-state index is 5.83. The van der Waals surface area contributed by atoms with Crippen molar-refractivity contribution in [2.75, 3.05) is 6.61 Å². The van der Waals surface area contributed by atoms with E-state index in [4.69, 9.17) is 15.2 Å². The number of rotatable bonds is 7. The second-order valence-electron chi connectivity index (χ2n) is 4.63. The fourth-order valence-corrected chi connectivity index (χ4v) is 1.83. The van der Waals surface area contributed by atoms with Crippen molar-refractivity contribution in [3.05, 3.63) is 54.1 Å². The van der Waals surface area contributed by atoms with Gasteiger partial charge in [-0.3, -0.25) is 0 Å². The summed E-state index contributed by atoms with van der Waals surface area (Å²) in [7, 11) is 0. The molecule has 0 aliphatic heterocycles. The van der Waals surface area contributed by atoms with Gasteiger partial charge in [-0.25, -0.2) is 0 Å². The van der Waals surface area contributed by atoms with Gasteiger partial charge in [-0.1, -0.05) is 31.5 Å². The Bertz CT molecular complexity index is 540. The van der Waals surface area contributed by atoms with Crippen LogP contribution in [-0.4, -0.2) is 6.61 Å². The molecule has 2 rings (SSSR count). The molecule has 0 fully saturated rings. The molecular weight excluding hydrogens is 250 g/mol. The van der Waals surface area contributed by atoms with E-state index in [1.165, 1.54) is 0 Å². The molecule has 3 heteroatoms. The molecule has 0 radical (unpaired) electrons. The van der Waals surface area contributed by atoms with Crippen LogP contribution in [0, 0.1) is 0 Å². The standard InChI is InChI=1S/C17H21NO2/c1-2-3-10-19-15-7-5-9-17(12-15)20-16-8-4-6-14(11-16)13-18/h4-9,11-12H,2-3,10,13,18H2,1H3. The highest BCUT2D eigenvalue weighted by Gasteiger charge is 2.01. The van der Waals surface area contributed by atoms with Crippen molar-refractivity contribution in [1.82, 2.24) is 0 Å². The van der Waals surface area contributed by atoms with Gasteiger partial charge in [0.15, 0.2) is 0 Å². The van der Waals surface area contributed by atoms with Crippen LogP contribution in [0.15, 0.2) is 48.5 Å². The Hall–Kier alpha value is -2.00. The summed E-state index contributed by atoms with van der Waals surface area (Å²) in [5, 5.41) is 0. The highest BCUT2D eigenvalue weighted by atomic mass is 16.5. The number of benzene rings is 2. The Kier molecular flexibility index (Phi) is 5.44. The fourth-order valence-electron chi connectivity index (χ4n) is 1.83. The van der Waals surface area contributed by atoms with Crippen LogP contribution in [0.1, 0.15) is 25.3 Å². The third-order valence-electron chi connectivity index (χ3n) is 2.94. The molecule has 0 saturated heterocycles. The Labute approximate surface area is 120 Å². The predicted octanol–water partition coefficient (Wildman–Crippen LogP) is 4.12. The number of hydrogen-bond donors (Lipinski definition) is 1. The minimum atomic E-state index is 0.511. The van der Waals surface area contributed by atoms with Crippen molar-refractivity contribution < 1.29 is 9.47 Å². The quantitative estimate of drug-likeness (QED) is 0.770. The first-order valence-electron chi connectivity index (χ1n) is 7.01. The Morgan fingerprint density at radius 3 is 2.40 bits per heavy atom. The molecule has 2 N–H and O–H groups in total. The molecule has 0 spiro atoms. The normalized spacial score (nSPS) is 10.3. The summed E-state index contributed by atoms with van der Waals surface area (Å²) < 4.78 is 11.5. The number of unbranched alkanes of at least 4 members (excludes halogenated alkanes) is 1. The molecule has 0 heterocycles. The molecule has 0 amide bonds. The van der Waals surface area contributed by atoms with Crippen LogP contribution in [0.5, 0.6) is 17.2 Å². The molecule has 0 aromatic heterocycles. The highest BCUT2D eigenvalue weighted by molar-refractivity contribution is 5.38. The lowest BCUT2D eigenvalue weighted by molar-refractivity contribution is 0.308. The second kappa shape index (κ2) is 7.56. The van der Waals surface area contributed by atoms with Gasteiger partial charge < -0.3 is 15.2 Å². The van der Waals surface area contributed by atoms with Gasteiger partial charge in [0.1, 0.15) is 17.2 Å². The van der Waals surface area contributed by atoms with Gasteiger partial charge in [-0.15, -0.1) is 0 Å². The summed E-state index contributed by atoms with van der Waals surface area (Å²) in [5.74, 6) is 2.40. The average Bonchev–Trinajstić information content (AvgIpc) is 2.48. The van der Waals surface area contributed by atoms with Crippen molar-refractivity contribution >= 4 is 0 Å². The zero-order valence-electron chi connectivity index (χ0n) is 11.8. The Morgan fingerprint density at radius 1 is 0.950 bits per heavy atom. The van der Waals surface area contributed by atoms with E-state index in [9.17, 15) is 0 Å². The van der Waals surface area contributed by atoms with Crippen molar-refractivity contribution in [2.24, 2.45) is 5.73 Å². The number of hydrogen-bond acceptors (Lipinski definition) is 3. The fraction of sp³-hybridized carbons (Fsp3) is 0.294. The lowest BCUT2D eigenvalue weighted by atomic mass is 10.2. The zero-order valence-corrected chi connectivity index (χ0v) is 11.8. The van der Waals surface area contributed by atoms with Crippen molar-refractivity contribution in [1.29, 1.82) is 0 Å². The molecule has 3 nitrogen and oxygen atoms in total. The van der Waals surface area contributed by atoms with E-state index in [0.717, 1.165) is 42.3 Å². The van der Waals surface area contributed by atoms with Crippen molar-refractivity contribution in [3.63, 3.8) is 0 Å². The molecule has 0 aliphatic rings. The van der Waals surface area contributed by atoms with Crippen LogP contribution in [0.4, 0.5) is 0 Å². The van der Waals surface area contributed by atoms with Crippen molar-refractivity contribution in [3.8, 4) is 17.2 Å². The van der Waals surface area contributed by atoms with Gasteiger partial charge in [-0.2, -0.15) is 0 Å². The summed E-state index contributed by atoms with van der Waals surface area (Å²) >= 11 is 0. The molecular formula is C17H21NO2. The monoisotopic (exact) mass is 271 g/mol. The molecule has 106 valence electrons. The van der Waals surface area contributed by atoms with Gasteiger partial charge in [0, 0.05) is 12.6 Å². The van der Waals surface area contributed by atoms with Crippen LogP contribution in [-0.2, 0) is 6.54 Å². The highest BCUT2D eigenvalue weighted by Crippen LogP contribution is 2.25. The van der Waals surface area contributed by atoms with E-state index in [0.29, 0.717) is 6.54 Å². The van der Waals surface area contributed by atoms with Gasteiger partial charge >= 0.3 is 0 Å². The number of nitrogens with two attached hydrogens (primary N) is 1. The lowest BCUT2D eigenvalue weighted by Crippen LogP contribution is -1.97. The summed E-state index contributed by atoms with van der Waals surface area (Å²) in [4.78, 5) is 0. The summed E-state index contributed by atoms with van der Waals surface area (Å²) in [6.07, 6.45) is 2.19.